The molecular formula is C26H26BrN3O2. The number of hydrogen-bond donors (Lipinski definition) is 1. The van der Waals surface area contributed by atoms with Crippen LogP contribution in [0.1, 0.15) is 27.3 Å². The zero-order chi connectivity index (χ0) is 22.5. The van der Waals surface area contributed by atoms with Crippen molar-refractivity contribution in [3.8, 4) is 5.75 Å². The van der Waals surface area contributed by atoms with Crippen LogP contribution in [0.15, 0.2) is 71.2 Å². The molecule has 0 saturated carbocycles. The number of nitrogens with one attached hydrogen (secondary N) is 1. The number of nitrogens with zero attached hydrogens (tertiary/aromatic N) is 2. The molecule has 1 amide bonds. The van der Waals surface area contributed by atoms with Crippen LogP contribution >= 0.6 is 15.9 Å². The molecule has 4 rings (SSSR count). The van der Waals surface area contributed by atoms with Crippen molar-refractivity contribution in [3.05, 3.63) is 93.7 Å². The van der Waals surface area contributed by atoms with Gasteiger partial charge in [-0.05, 0) is 61.9 Å². The predicted molar refractivity (Wildman–Crippen MR) is 131 cm³/mol. The van der Waals surface area contributed by atoms with Gasteiger partial charge in [0.15, 0.2) is 0 Å². The number of benzene rings is 3. The van der Waals surface area contributed by atoms with E-state index < -0.39 is 0 Å². The second-order valence-electron chi connectivity index (χ2n) is 7.80. The summed E-state index contributed by atoms with van der Waals surface area (Å²) in [6, 6.07) is 21.6. The lowest BCUT2D eigenvalue weighted by molar-refractivity contribution is 0.0954. The topological polar surface area (TPSA) is 56.1 Å². The third-order valence-corrected chi connectivity index (χ3v) is 5.91. The largest absolute Gasteiger partial charge is 0.491 e. The van der Waals surface area contributed by atoms with Crippen LogP contribution in [0.2, 0.25) is 0 Å². The van der Waals surface area contributed by atoms with Gasteiger partial charge in [-0.2, -0.15) is 0 Å². The van der Waals surface area contributed by atoms with E-state index in [2.05, 4.69) is 57.9 Å². The van der Waals surface area contributed by atoms with Gasteiger partial charge in [-0.25, -0.2) is 4.98 Å². The molecule has 0 spiro atoms. The highest BCUT2D eigenvalue weighted by Gasteiger charge is 2.12. The number of hydrogen-bond acceptors (Lipinski definition) is 3. The Hall–Kier alpha value is -3.12. The van der Waals surface area contributed by atoms with Crippen LogP contribution in [0, 0.1) is 13.8 Å². The molecule has 4 aromatic rings. The van der Waals surface area contributed by atoms with Gasteiger partial charge in [0.1, 0.15) is 18.2 Å². The van der Waals surface area contributed by atoms with Gasteiger partial charge >= 0.3 is 0 Å². The Morgan fingerprint density at radius 2 is 1.84 bits per heavy atom. The van der Waals surface area contributed by atoms with Crippen molar-refractivity contribution in [2.45, 2.75) is 26.8 Å². The molecule has 164 valence electrons. The highest BCUT2D eigenvalue weighted by molar-refractivity contribution is 9.10. The highest BCUT2D eigenvalue weighted by atomic mass is 79.9. The van der Waals surface area contributed by atoms with Gasteiger partial charge in [0.25, 0.3) is 5.91 Å². The molecule has 6 heteroatoms. The van der Waals surface area contributed by atoms with Crippen LogP contribution in [0.4, 0.5) is 0 Å². The molecule has 0 saturated heterocycles. The maximum Gasteiger partial charge on any atom is 0.251 e. The molecule has 0 bridgehead atoms. The number of carbonyl (C=O) groups is 1. The van der Waals surface area contributed by atoms with E-state index >= 15 is 0 Å². The van der Waals surface area contributed by atoms with Gasteiger partial charge in [0.2, 0.25) is 0 Å². The second-order valence-corrected chi connectivity index (χ2v) is 8.71. The molecule has 0 aliphatic carbocycles. The fraction of sp³-hybridized carbons (Fsp3) is 0.231. The van der Waals surface area contributed by atoms with Crippen molar-refractivity contribution in [3.63, 3.8) is 0 Å². The quantitative estimate of drug-likeness (QED) is 0.355. The molecule has 1 N–H and O–H groups in total. The van der Waals surface area contributed by atoms with Crippen LogP contribution in [-0.2, 0) is 13.0 Å². The SMILES string of the molecule is Cc1ccc(OCCn2c(CCNC(=O)c3ccc(Br)cc3)nc3ccccc32)c(C)c1. The van der Waals surface area contributed by atoms with Gasteiger partial charge < -0.3 is 14.6 Å². The van der Waals surface area contributed by atoms with Gasteiger partial charge in [0, 0.05) is 23.0 Å². The summed E-state index contributed by atoms with van der Waals surface area (Å²) in [5.74, 6) is 1.76. The highest BCUT2D eigenvalue weighted by Crippen LogP contribution is 2.20. The first-order valence-corrected chi connectivity index (χ1v) is 11.5. The summed E-state index contributed by atoms with van der Waals surface area (Å²) >= 11 is 3.39. The van der Waals surface area contributed by atoms with Crippen molar-refractivity contribution >= 4 is 32.9 Å². The van der Waals surface area contributed by atoms with E-state index in [0.717, 1.165) is 32.6 Å². The monoisotopic (exact) mass is 491 g/mol. The number of aromatic nitrogens is 2. The number of fused-ring (bicyclic) bond motifs is 1. The minimum atomic E-state index is -0.0849. The van der Waals surface area contributed by atoms with Crippen molar-refractivity contribution in [1.29, 1.82) is 0 Å². The van der Waals surface area contributed by atoms with Crippen LogP contribution in [0.3, 0.4) is 0 Å². The zero-order valence-electron chi connectivity index (χ0n) is 18.3. The predicted octanol–water partition coefficient (Wildman–Crippen LogP) is 5.47. The van der Waals surface area contributed by atoms with Crippen LogP contribution in [0.5, 0.6) is 5.75 Å². The summed E-state index contributed by atoms with van der Waals surface area (Å²) in [6.07, 6.45) is 0.639. The molecular weight excluding hydrogens is 466 g/mol. The van der Waals surface area contributed by atoms with E-state index in [1.165, 1.54) is 5.56 Å². The first-order valence-electron chi connectivity index (χ1n) is 10.7. The zero-order valence-corrected chi connectivity index (χ0v) is 19.9. The third kappa shape index (κ3) is 5.19. The third-order valence-electron chi connectivity index (χ3n) is 5.38. The van der Waals surface area contributed by atoms with Gasteiger partial charge in [-0.3, -0.25) is 4.79 Å². The van der Waals surface area contributed by atoms with E-state index in [-0.39, 0.29) is 5.91 Å². The molecule has 0 aliphatic rings. The first kappa shape index (κ1) is 22.1. The molecule has 0 aliphatic heterocycles. The standard InChI is InChI=1S/C26H26BrN3O2/c1-18-7-12-24(19(2)17-18)32-16-15-30-23-6-4-3-5-22(23)29-25(30)13-14-28-26(31)20-8-10-21(27)11-9-20/h3-12,17H,13-16H2,1-2H3,(H,28,31). The number of imidazole rings is 1. The summed E-state index contributed by atoms with van der Waals surface area (Å²) in [4.78, 5) is 17.2. The smallest absolute Gasteiger partial charge is 0.251 e. The fourth-order valence-corrected chi connectivity index (χ4v) is 4.03. The molecule has 32 heavy (non-hydrogen) atoms. The van der Waals surface area contributed by atoms with E-state index in [9.17, 15) is 4.79 Å². The van der Waals surface area contributed by atoms with E-state index in [1.807, 2.05) is 36.4 Å². The number of aryl methyl sites for hydroxylation is 2. The van der Waals surface area contributed by atoms with Crippen molar-refractivity contribution in [1.82, 2.24) is 14.9 Å². The van der Waals surface area contributed by atoms with E-state index in [0.29, 0.717) is 31.7 Å². The molecule has 0 radical (unpaired) electrons. The lowest BCUT2D eigenvalue weighted by Gasteiger charge is -2.13. The summed E-state index contributed by atoms with van der Waals surface area (Å²) in [6.45, 7) is 5.88. The average molecular weight is 492 g/mol. The Kier molecular flexibility index (Phi) is 6.90. The number of carbonyl (C=O) groups excluding carboxylic acids is 1. The number of amides is 1. The summed E-state index contributed by atoms with van der Waals surface area (Å²) < 4.78 is 9.19. The Morgan fingerprint density at radius 3 is 2.62 bits per heavy atom. The van der Waals surface area contributed by atoms with Crippen LogP contribution in [-0.4, -0.2) is 28.6 Å². The molecule has 0 atom stereocenters. The molecule has 5 nitrogen and oxygen atoms in total. The van der Waals surface area contributed by atoms with E-state index in [4.69, 9.17) is 9.72 Å². The van der Waals surface area contributed by atoms with Gasteiger partial charge in [-0.1, -0.05) is 45.8 Å². The fourth-order valence-electron chi connectivity index (χ4n) is 3.77. The van der Waals surface area contributed by atoms with Gasteiger partial charge in [0.05, 0.1) is 17.6 Å². The Labute approximate surface area is 196 Å². The maximum atomic E-state index is 12.4. The van der Waals surface area contributed by atoms with Crippen LogP contribution < -0.4 is 10.1 Å². The lowest BCUT2D eigenvalue weighted by Crippen LogP contribution is -2.26. The Bertz CT molecular complexity index is 1230. The maximum absolute atomic E-state index is 12.4. The molecule has 0 unspecified atom stereocenters. The minimum Gasteiger partial charge on any atom is -0.491 e. The van der Waals surface area contributed by atoms with Crippen molar-refractivity contribution in [2.75, 3.05) is 13.2 Å². The van der Waals surface area contributed by atoms with Crippen molar-refractivity contribution < 1.29 is 9.53 Å². The van der Waals surface area contributed by atoms with Crippen molar-refractivity contribution in [2.24, 2.45) is 0 Å². The second kappa shape index (κ2) is 10.0. The summed E-state index contributed by atoms with van der Waals surface area (Å²) in [7, 11) is 0. The number of halogens is 1. The summed E-state index contributed by atoms with van der Waals surface area (Å²) in [5, 5.41) is 2.99. The number of para-hydroxylation sites is 2. The summed E-state index contributed by atoms with van der Waals surface area (Å²) in [5.41, 5.74) is 5.03. The van der Waals surface area contributed by atoms with E-state index in [1.54, 1.807) is 12.1 Å². The normalized spacial score (nSPS) is 11.0. The Morgan fingerprint density at radius 1 is 1.06 bits per heavy atom. The number of ether oxygens (including phenoxy) is 1. The molecule has 3 aromatic carbocycles. The van der Waals surface area contributed by atoms with Gasteiger partial charge in [-0.15, -0.1) is 0 Å². The number of rotatable bonds is 8. The lowest BCUT2D eigenvalue weighted by atomic mass is 10.1. The molecule has 1 aromatic heterocycles. The molecule has 0 fully saturated rings. The molecule has 1 heterocycles. The average Bonchev–Trinajstić information content (AvgIpc) is 3.13. The first-order chi connectivity index (χ1) is 15.5. The minimum absolute atomic E-state index is 0.0849. The Balaban J connectivity index is 1.42. The van der Waals surface area contributed by atoms with Crippen LogP contribution in [0.25, 0.3) is 11.0 Å².